The van der Waals surface area contributed by atoms with E-state index in [4.69, 9.17) is 4.42 Å². The second kappa shape index (κ2) is 4.01. The first kappa shape index (κ1) is 9.46. The molecule has 1 unspecified atom stereocenters. The Kier molecular flexibility index (Phi) is 2.37. The molecule has 0 amide bonds. The summed E-state index contributed by atoms with van der Waals surface area (Å²) in [5.41, 5.74) is 2.75. The van der Waals surface area contributed by atoms with Crippen molar-refractivity contribution in [3.05, 3.63) is 66.1 Å². The predicted octanol–water partition coefficient (Wildman–Crippen LogP) is 4.24. The molecular formula is C15H14O. The zero-order valence-electron chi connectivity index (χ0n) is 9.10. The second-order valence-electron chi connectivity index (χ2n) is 4.23. The Morgan fingerprint density at radius 1 is 1.00 bits per heavy atom. The first-order valence-corrected chi connectivity index (χ1v) is 5.73. The van der Waals surface area contributed by atoms with Crippen molar-refractivity contribution in [2.24, 2.45) is 0 Å². The molecule has 0 radical (unpaired) electrons. The molecule has 1 heteroatoms. The number of hydrogen-bond acceptors (Lipinski definition) is 1. The molecule has 1 aliphatic rings. The Labute approximate surface area is 95.4 Å². The van der Waals surface area contributed by atoms with E-state index in [1.165, 1.54) is 17.6 Å². The number of allylic oxidation sites excluding steroid dienone is 2. The minimum atomic E-state index is 0.557. The Balaban J connectivity index is 1.87. The van der Waals surface area contributed by atoms with Crippen molar-refractivity contribution in [3.63, 3.8) is 0 Å². The van der Waals surface area contributed by atoms with Gasteiger partial charge in [0, 0.05) is 5.92 Å². The third-order valence-corrected chi connectivity index (χ3v) is 3.19. The minimum Gasteiger partial charge on any atom is -0.465 e. The van der Waals surface area contributed by atoms with Crippen LogP contribution in [-0.2, 0) is 0 Å². The van der Waals surface area contributed by atoms with Crippen LogP contribution in [0.2, 0.25) is 0 Å². The molecule has 1 nitrogen and oxygen atoms in total. The topological polar surface area (TPSA) is 13.1 Å². The first-order chi connectivity index (χ1) is 7.93. The maximum atomic E-state index is 5.43. The van der Waals surface area contributed by atoms with Gasteiger partial charge in [-0.2, -0.15) is 0 Å². The molecule has 0 fully saturated rings. The SMILES string of the molecule is C1=C(c2ccco2)CCC1c1ccccc1. The van der Waals surface area contributed by atoms with Crippen LogP contribution in [0.1, 0.15) is 30.1 Å². The molecule has 1 aromatic carbocycles. The van der Waals surface area contributed by atoms with Crippen molar-refractivity contribution < 1.29 is 4.42 Å². The van der Waals surface area contributed by atoms with E-state index in [0.717, 1.165) is 12.2 Å². The molecule has 80 valence electrons. The fourth-order valence-corrected chi connectivity index (χ4v) is 2.35. The van der Waals surface area contributed by atoms with Crippen LogP contribution in [0.4, 0.5) is 0 Å². The fraction of sp³-hybridized carbons (Fsp3) is 0.200. The quantitative estimate of drug-likeness (QED) is 0.722. The van der Waals surface area contributed by atoms with Gasteiger partial charge in [0.1, 0.15) is 5.76 Å². The van der Waals surface area contributed by atoms with Crippen LogP contribution in [0.3, 0.4) is 0 Å². The third-order valence-electron chi connectivity index (χ3n) is 3.19. The molecule has 16 heavy (non-hydrogen) atoms. The van der Waals surface area contributed by atoms with E-state index in [0.29, 0.717) is 5.92 Å². The number of furan rings is 1. The normalized spacial score (nSPS) is 19.8. The lowest BCUT2D eigenvalue weighted by molar-refractivity contribution is 0.551. The molecule has 0 N–H and O–H groups in total. The lowest BCUT2D eigenvalue weighted by atomic mass is 9.99. The van der Waals surface area contributed by atoms with Crippen molar-refractivity contribution in [2.75, 3.05) is 0 Å². The Bertz CT molecular complexity index is 479. The molecule has 1 aliphatic carbocycles. The molecule has 0 spiro atoms. The Morgan fingerprint density at radius 3 is 2.62 bits per heavy atom. The largest absolute Gasteiger partial charge is 0.465 e. The van der Waals surface area contributed by atoms with Gasteiger partial charge in [0.2, 0.25) is 0 Å². The highest BCUT2D eigenvalue weighted by Gasteiger charge is 2.19. The van der Waals surface area contributed by atoms with Crippen LogP contribution in [0, 0.1) is 0 Å². The molecule has 2 aromatic rings. The highest BCUT2D eigenvalue weighted by atomic mass is 16.3. The summed E-state index contributed by atoms with van der Waals surface area (Å²) < 4.78 is 5.43. The molecular weight excluding hydrogens is 196 g/mol. The standard InChI is InChI=1S/C15H14O/c1-2-5-12(6-3-1)13-8-9-14(11-13)15-7-4-10-16-15/h1-7,10-11,13H,8-9H2. The van der Waals surface area contributed by atoms with E-state index >= 15 is 0 Å². The van der Waals surface area contributed by atoms with E-state index in [-0.39, 0.29) is 0 Å². The molecule has 1 aromatic heterocycles. The van der Waals surface area contributed by atoms with Gasteiger partial charge in [-0.1, -0.05) is 36.4 Å². The van der Waals surface area contributed by atoms with Crippen LogP contribution in [0.25, 0.3) is 5.57 Å². The molecule has 0 bridgehead atoms. The highest BCUT2D eigenvalue weighted by Crippen LogP contribution is 2.37. The molecule has 3 rings (SSSR count). The lowest BCUT2D eigenvalue weighted by Crippen LogP contribution is -1.88. The van der Waals surface area contributed by atoms with Crippen molar-refractivity contribution >= 4 is 5.57 Å². The second-order valence-corrected chi connectivity index (χ2v) is 4.23. The molecule has 0 saturated carbocycles. The maximum Gasteiger partial charge on any atom is 0.129 e. The van der Waals surface area contributed by atoms with Crippen LogP contribution in [0.15, 0.2) is 59.2 Å². The zero-order chi connectivity index (χ0) is 10.8. The molecule has 0 saturated heterocycles. The summed E-state index contributed by atoms with van der Waals surface area (Å²) in [5, 5.41) is 0. The van der Waals surface area contributed by atoms with Crippen LogP contribution >= 0.6 is 0 Å². The summed E-state index contributed by atoms with van der Waals surface area (Å²) in [7, 11) is 0. The van der Waals surface area contributed by atoms with Gasteiger partial charge in [0.15, 0.2) is 0 Å². The van der Waals surface area contributed by atoms with Gasteiger partial charge in [-0.15, -0.1) is 0 Å². The van der Waals surface area contributed by atoms with Crippen LogP contribution in [0.5, 0.6) is 0 Å². The summed E-state index contributed by atoms with van der Waals surface area (Å²) in [6.45, 7) is 0. The van der Waals surface area contributed by atoms with E-state index in [1.54, 1.807) is 6.26 Å². The number of rotatable bonds is 2. The average Bonchev–Trinajstić information content (AvgIpc) is 3.01. The van der Waals surface area contributed by atoms with E-state index in [9.17, 15) is 0 Å². The summed E-state index contributed by atoms with van der Waals surface area (Å²) in [4.78, 5) is 0. The van der Waals surface area contributed by atoms with Crippen LogP contribution < -0.4 is 0 Å². The average molecular weight is 210 g/mol. The lowest BCUT2D eigenvalue weighted by Gasteiger charge is -2.05. The van der Waals surface area contributed by atoms with Gasteiger partial charge >= 0.3 is 0 Å². The van der Waals surface area contributed by atoms with Crippen LogP contribution in [-0.4, -0.2) is 0 Å². The van der Waals surface area contributed by atoms with Crippen molar-refractivity contribution in [1.29, 1.82) is 0 Å². The zero-order valence-corrected chi connectivity index (χ0v) is 9.10. The number of hydrogen-bond donors (Lipinski definition) is 0. The van der Waals surface area contributed by atoms with E-state index in [2.05, 4.69) is 36.4 Å². The summed E-state index contributed by atoms with van der Waals surface area (Å²) in [6, 6.07) is 14.7. The monoisotopic (exact) mass is 210 g/mol. The van der Waals surface area contributed by atoms with Crippen molar-refractivity contribution in [1.82, 2.24) is 0 Å². The fourth-order valence-electron chi connectivity index (χ4n) is 2.35. The van der Waals surface area contributed by atoms with Gasteiger partial charge in [0.25, 0.3) is 0 Å². The maximum absolute atomic E-state index is 5.43. The first-order valence-electron chi connectivity index (χ1n) is 5.73. The summed E-state index contributed by atoms with van der Waals surface area (Å²) >= 11 is 0. The summed E-state index contributed by atoms with van der Waals surface area (Å²) in [6.07, 6.45) is 6.40. The van der Waals surface area contributed by atoms with Gasteiger partial charge in [-0.25, -0.2) is 0 Å². The van der Waals surface area contributed by atoms with Crippen molar-refractivity contribution in [3.8, 4) is 0 Å². The van der Waals surface area contributed by atoms with Gasteiger partial charge < -0.3 is 4.42 Å². The summed E-state index contributed by atoms with van der Waals surface area (Å²) in [5.74, 6) is 1.58. The predicted molar refractivity (Wildman–Crippen MR) is 65.1 cm³/mol. The molecule has 0 aliphatic heterocycles. The molecule has 1 heterocycles. The molecule has 1 atom stereocenters. The van der Waals surface area contributed by atoms with Crippen molar-refractivity contribution in [2.45, 2.75) is 18.8 Å². The van der Waals surface area contributed by atoms with E-state index in [1.807, 2.05) is 12.1 Å². The van der Waals surface area contributed by atoms with E-state index < -0.39 is 0 Å². The third kappa shape index (κ3) is 1.69. The number of benzene rings is 1. The highest BCUT2D eigenvalue weighted by molar-refractivity contribution is 5.65. The van der Waals surface area contributed by atoms with Gasteiger partial charge in [0.05, 0.1) is 6.26 Å². The Morgan fingerprint density at radius 2 is 1.88 bits per heavy atom. The van der Waals surface area contributed by atoms with Gasteiger partial charge in [-0.05, 0) is 36.1 Å². The smallest absolute Gasteiger partial charge is 0.129 e. The Hall–Kier alpha value is -1.76. The minimum absolute atomic E-state index is 0.557. The van der Waals surface area contributed by atoms with Gasteiger partial charge in [-0.3, -0.25) is 0 Å².